The quantitative estimate of drug-likeness (QED) is 0.488. The van der Waals surface area contributed by atoms with Crippen molar-refractivity contribution in [1.82, 2.24) is 10.6 Å². The number of carbonyl (C=O) groups excluding carboxylic acids is 2. The summed E-state index contributed by atoms with van der Waals surface area (Å²) in [5, 5.41) is 15.0. The van der Waals surface area contributed by atoms with Crippen LogP contribution in [0.25, 0.3) is 11.1 Å². The minimum absolute atomic E-state index is 0.0259. The van der Waals surface area contributed by atoms with Crippen molar-refractivity contribution in [3.8, 4) is 11.1 Å². The first-order chi connectivity index (χ1) is 16.9. The first kappa shape index (κ1) is 24.5. The fourth-order valence-corrected chi connectivity index (χ4v) is 4.96. The van der Waals surface area contributed by atoms with Gasteiger partial charge in [0.15, 0.2) is 0 Å². The molecule has 0 fully saturated rings. The molecule has 2 aliphatic carbocycles. The Bertz CT molecular complexity index is 1080. The molecule has 0 aliphatic heterocycles. The van der Waals surface area contributed by atoms with E-state index >= 15 is 0 Å². The third kappa shape index (κ3) is 5.39. The van der Waals surface area contributed by atoms with Crippen molar-refractivity contribution in [2.45, 2.75) is 51.1 Å². The van der Waals surface area contributed by atoms with Crippen LogP contribution in [0.5, 0.6) is 0 Å². The average molecular weight is 477 g/mol. The summed E-state index contributed by atoms with van der Waals surface area (Å²) < 4.78 is 5.62. The maximum atomic E-state index is 12.7. The molecule has 4 atom stereocenters. The van der Waals surface area contributed by atoms with Crippen molar-refractivity contribution in [2.75, 3.05) is 6.61 Å². The summed E-state index contributed by atoms with van der Waals surface area (Å²) in [6, 6.07) is 15.0. The van der Waals surface area contributed by atoms with E-state index in [4.69, 9.17) is 4.74 Å². The lowest BCUT2D eigenvalue weighted by Crippen LogP contribution is -2.48. The lowest BCUT2D eigenvalue weighted by molar-refractivity contribution is -0.144. The van der Waals surface area contributed by atoms with Gasteiger partial charge in [0, 0.05) is 11.8 Å². The summed E-state index contributed by atoms with van der Waals surface area (Å²) in [5.74, 6) is -1.95. The number of carbonyl (C=O) groups is 3. The summed E-state index contributed by atoms with van der Waals surface area (Å²) in [7, 11) is 0. The second-order valence-corrected chi connectivity index (χ2v) is 9.38. The van der Waals surface area contributed by atoms with Crippen LogP contribution in [0, 0.1) is 11.8 Å². The molecule has 0 spiro atoms. The Balaban J connectivity index is 1.33. The maximum absolute atomic E-state index is 12.7. The zero-order valence-electron chi connectivity index (χ0n) is 20.1. The van der Waals surface area contributed by atoms with Gasteiger partial charge in [0.25, 0.3) is 0 Å². The predicted octanol–water partition coefficient (Wildman–Crippen LogP) is 4.48. The van der Waals surface area contributed by atoms with Gasteiger partial charge in [-0.2, -0.15) is 0 Å². The molecule has 0 bridgehead atoms. The number of ether oxygens (including phenoxy) is 1. The molecule has 2 aromatic rings. The van der Waals surface area contributed by atoms with Gasteiger partial charge in [-0.1, -0.05) is 81.0 Å². The highest BCUT2D eigenvalue weighted by atomic mass is 16.5. The normalized spacial score (nSPS) is 20.3. The molecule has 35 heavy (non-hydrogen) atoms. The van der Waals surface area contributed by atoms with E-state index in [1.54, 1.807) is 6.92 Å². The van der Waals surface area contributed by atoms with Gasteiger partial charge in [-0.05, 0) is 41.0 Å². The van der Waals surface area contributed by atoms with E-state index in [1.807, 2.05) is 43.3 Å². The molecular weight excluding hydrogens is 444 g/mol. The number of alkyl carbamates (subject to hydrolysis) is 1. The number of hydrogen-bond donors (Lipinski definition) is 3. The number of carboxylic acid groups (broad SMARTS) is 1. The zero-order chi connectivity index (χ0) is 24.9. The van der Waals surface area contributed by atoms with Crippen LogP contribution in [0.4, 0.5) is 4.79 Å². The summed E-state index contributed by atoms with van der Waals surface area (Å²) >= 11 is 0. The van der Waals surface area contributed by atoms with Gasteiger partial charge in [-0.15, -0.1) is 0 Å². The van der Waals surface area contributed by atoms with Crippen LogP contribution in [-0.2, 0) is 14.3 Å². The molecule has 2 aromatic carbocycles. The van der Waals surface area contributed by atoms with Crippen LogP contribution in [0.2, 0.25) is 0 Å². The van der Waals surface area contributed by atoms with Gasteiger partial charge in [-0.25, -0.2) is 9.59 Å². The number of fused-ring (bicyclic) bond motifs is 3. The first-order valence-electron chi connectivity index (χ1n) is 12.2. The second kappa shape index (κ2) is 10.8. The van der Waals surface area contributed by atoms with E-state index < -0.39 is 24.0 Å². The van der Waals surface area contributed by atoms with Crippen molar-refractivity contribution in [2.24, 2.45) is 11.8 Å². The van der Waals surface area contributed by atoms with E-state index in [9.17, 15) is 19.5 Å². The van der Waals surface area contributed by atoms with Crippen LogP contribution >= 0.6 is 0 Å². The number of rotatable bonds is 8. The molecule has 0 saturated carbocycles. The van der Waals surface area contributed by atoms with Crippen molar-refractivity contribution < 1.29 is 24.2 Å². The second-order valence-electron chi connectivity index (χ2n) is 9.38. The van der Waals surface area contributed by atoms with Gasteiger partial charge in [0.2, 0.25) is 5.91 Å². The van der Waals surface area contributed by atoms with Gasteiger partial charge in [-0.3, -0.25) is 4.79 Å². The van der Waals surface area contributed by atoms with Crippen LogP contribution in [0.1, 0.15) is 50.2 Å². The molecule has 2 aliphatic rings. The molecule has 3 N–H and O–H groups in total. The number of amides is 2. The fraction of sp³-hybridized carbons (Fsp3) is 0.393. The molecular formula is C28H32N2O5. The number of allylic oxidation sites excluding steroid dienone is 1. The standard InChI is InChI=1S/C28H32N2O5/c1-3-17(2)25(27(32)33)30-26(31)18-9-8-10-19(15-18)29-28(34)35-16-24-22-13-6-4-11-20(22)21-12-5-7-14-23(21)24/h4-8,10-14,17-19,24-25H,3,9,15-16H2,1-2H3,(H,29,34)(H,30,31)(H,32,33)/t17?,18-,19-,25+/m1/s1. The van der Waals surface area contributed by atoms with Crippen molar-refractivity contribution in [3.63, 3.8) is 0 Å². The Labute approximate surface area is 205 Å². The average Bonchev–Trinajstić information content (AvgIpc) is 3.19. The molecule has 0 aromatic heterocycles. The number of carboxylic acids is 1. The minimum atomic E-state index is -1.03. The Hall–Kier alpha value is -3.61. The topological polar surface area (TPSA) is 105 Å². The Kier molecular flexibility index (Phi) is 7.54. The SMILES string of the molecule is CCC(C)[C@H](NC(=O)[C@@H]1CC=C[C@@H](NC(=O)OCC2c3ccccc3-c3ccccc32)C1)C(=O)O. The summed E-state index contributed by atoms with van der Waals surface area (Å²) in [6.45, 7) is 3.92. The Morgan fingerprint density at radius 2 is 1.69 bits per heavy atom. The number of aliphatic carboxylic acids is 1. The molecule has 4 rings (SSSR count). The number of hydrogen-bond acceptors (Lipinski definition) is 4. The fourth-order valence-electron chi connectivity index (χ4n) is 4.96. The first-order valence-corrected chi connectivity index (χ1v) is 12.2. The highest BCUT2D eigenvalue weighted by Gasteiger charge is 2.32. The summed E-state index contributed by atoms with van der Waals surface area (Å²) in [4.78, 5) is 36.9. The Morgan fingerprint density at radius 3 is 2.29 bits per heavy atom. The molecule has 7 heteroatoms. The summed E-state index contributed by atoms with van der Waals surface area (Å²) in [5.41, 5.74) is 4.62. The third-order valence-corrected chi connectivity index (χ3v) is 7.12. The highest BCUT2D eigenvalue weighted by Crippen LogP contribution is 2.44. The van der Waals surface area contributed by atoms with Crippen molar-refractivity contribution >= 4 is 18.0 Å². The number of nitrogens with one attached hydrogen (secondary N) is 2. The van der Waals surface area contributed by atoms with Crippen LogP contribution < -0.4 is 10.6 Å². The molecule has 7 nitrogen and oxygen atoms in total. The zero-order valence-corrected chi connectivity index (χ0v) is 20.1. The van der Waals surface area contributed by atoms with E-state index in [-0.39, 0.29) is 30.4 Å². The molecule has 2 amide bonds. The highest BCUT2D eigenvalue weighted by molar-refractivity contribution is 5.85. The predicted molar refractivity (Wildman–Crippen MR) is 133 cm³/mol. The van der Waals surface area contributed by atoms with E-state index in [0.29, 0.717) is 19.3 Å². The lowest BCUT2D eigenvalue weighted by Gasteiger charge is -2.27. The van der Waals surface area contributed by atoms with Crippen LogP contribution in [0.3, 0.4) is 0 Å². The van der Waals surface area contributed by atoms with Crippen molar-refractivity contribution in [3.05, 3.63) is 71.8 Å². The Morgan fingerprint density at radius 1 is 1.06 bits per heavy atom. The molecule has 0 saturated heterocycles. The largest absolute Gasteiger partial charge is 0.480 e. The monoisotopic (exact) mass is 476 g/mol. The lowest BCUT2D eigenvalue weighted by atomic mass is 9.89. The third-order valence-electron chi connectivity index (χ3n) is 7.12. The van der Waals surface area contributed by atoms with Gasteiger partial charge < -0.3 is 20.5 Å². The van der Waals surface area contributed by atoms with Gasteiger partial charge in [0.1, 0.15) is 12.6 Å². The van der Waals surface area contributed by atoms with Gasteiger partial charge in [0.05, 0.1) is 6.04 Å². The molecule has 0 radical (unpaired) electrons. The van der Waals surface area contributed by atoms with Gasteiger partial charge >= 0.3 is 12.1 Å². The molecule has 1 unspecified atom stereocenters. The minimum Gasteiger partial charge on any atom is -0.480 e. The smallest absolute Gasteiger partial charge is 0.407 e. The molecule has 184 valence electrons. The van der Waals surface area contributed by atoms with E-state index in [1.165, 1.54) is 11.1 Å². The van der Waals surface area contributed by atoms with Crippen LogP contribution in [0.15, 0.2) is 60.7 Å². The van der Waals surface area contributed by atoms with E-state index in [0.717, 1.165) is 11.1 Å². The summed E-state index contributed by atoms with van der Waals surface area (Å²) in [6.07, 6.45) is 4.70. The van der Waals surface area contributed by atoms with E-state index in [2.05, 4.69) is 34.9 Å². The molecule has 0 heterocycles. The maximum Gasteiger partial charge on any atom is 0.407 e. The number of benzene rings is 2. The van der Waals surface area contributed by atoms with Crippen LogP contribution in [-0.4, -0.2) is 41.8 Å². The van der Waals surface area contributed by atoms with Crippen molar-refractivity contribution in [1.29, 1.82) is 0 Å².